The second-order valence-corrected chi connectivity index (χ2v) is 7.65. The van der Waals surface area contributed by atoms with Gasteiger partial charge < -0.3 is 15.1 Å². The fourth-order valence-corrected chi connectivity index (χ4v) is 3.93. The molecule has 1 aliphatic rings. The number of carbonyl (C=O) groups is 1. The molecule has 1 aliphatic heterocycles. The first-order valence-electron chi connectivity index (χ1n) is 9.31. The van der Waals surface area contributed by atoms with Crippen molar-refractivity contribution in [2.24, 2.45) is 0 Å². The van der Waals surface area contributed by atoms with E-state index < -0.39 is 0 Å². The van der Waals surface area contributed by atoms with Gasteiger partial charge in [-0.2, -0.15) is 0 Å². The highest BCUT2D eigenvalue weighted by atomic mass is 79.9. The minimum Gasteiger partial charge on any atom is -0.369 e. The summed E-state index contributed by atoms with van der Waals surface area (Å²) in [5.41, 5.74) is 2.37. The summed E-state index contributed by atoms with van der Waals surface area (Å²) in [6, 6.07) is 11.8. The number of piperazine rings is 1. The number of likely N-dealkylation sites (N-methyl/N-ethyl adjacent to an activating group) is 1. The summed E-state index contributed by atoms with van der Waals surface area (Å²) in [4.78, 5) is 17.3. The van der Waals surface area contributed by atoms with E-state index >= 15 is 0 Å². The SMILES string of the molecule is CCN1CCN(c2ccc(F)cc2C(C)NC(=O)c2ccccc2Br)CC1. The average Bonchev–Trinajstić information content (AvgIpc) is 2.68. The lowest BCUT2D eigenvalue weighted by Gasteiger charge is -2.37. The van der Waals surface area contributed by atoms with Crippen molar-refractivity contribution in [1.29, 1.82) is 0 Å². The molecule has 6 heteroatoms. The highest BCUT2D eigenvalue weighted by Crippen LogP contribution is 2.29. The molecule has 27 heavy (non-hydrogen) atoms. The summed E-state index contributed by atoms with van der Waals surface area (Å²) in [6.45, 7) is 8.89. The monoisotopic (exact) mass is 433 g/mol. The van der Waals surface area contributed by atoms with Crippen molar-refractivity contribution in [2.45, 2.75) is 19.9 Å². The molecule has 0 bridgehead atoms. The number of benzene rings is 2. The van der Waals surface area contributed by atoms with Crippen LogP contribution in [-0.4, -0.2) is 43.5 Å². The van der Waals surface area contributed by atoms with Gasteiger partial charge in [-0.3, -0.25) is 4.79 Å². The van der Waals surface area contributed by atoms with Crippen LogP contribution < -0.4 is 10.2 Å². The van der Waals surface area contributed by atoms with Crippen molar-refractivity contribution in [3.05, 3.63) is 63.9 Å². The molecule has 4 nitrogen and oxygen atoms in total. The van der Waals surface area contributed by atoms with E-state index in [9.17, 15) is 9.18 Å². The van der Waals surface area contributed by atoms with E-state index in [0.717, 1.165) is 48.4 Å². The molecule has 1 saturated heterocycles. The highest BCUT2D eigenvalue weighted by molar-refractivity contribution is 9.10. The van der Waals surface area contributed by atoms with E-state index in [-0.39, 0.29) is 17.8 Å². The van der Waals surface area contributed by atoms with E-state index in [1.165, 1.54) is 12.1 Å². The number of nitrogens with one attached hydrogen (secondary N) is 1. The van der Waals surface area contributed by atoms with Crippen molar-refractivity contribution in [3.8, 4) is 0 Å². The quantitative estimate of drug-likeness (QED) is 0.766. The topological polar surface area (TPSA) is 35.6 Å². The van der Waals surface area contributed by atoms with E-state index in [0.29, 0.717) is 5.56 Å². The number of halogens is 2. The third-order valence-electron chi connectivity index (χ3n) is 5.08. The van der Waals surface area contributed by atoms with Crippen LogP contribution in [0.4, 0.5) is 10.1 Å². The van der Waals surface area contributed by atoms with E-state index in [4.69, 9.17) is 0 Å². The fourth-order valence-electron chi connectivity index (χ4n) is 3.46. The molecular formula is C21H25BrFN3O. The predicted octanol–water partition coefficient (Wildman–Crippen LogP) is 4.22. The van der Waals surface area contributed by atoms with Crippen LogP contribution in [0, 0.1) is 5.82 Å². The number of anilines is 1. The molecule has 1 fully saturated rings. The molecule has 1 amide bonds. The molecule has 0 saturated carbocycles. The maximum atomic E-state index is 14.0. The number of rotatable bonds is 5. The zero-order valence-corrected chi connectivity index (χ0v) is 17.3. The summed E-state index contributed by atoms with van der Waals surface area (Å²) in [5.74, 6) is -0.469. The maximum absolute atomic E-state index is 14.0. The fraction of sp³-hybridized carbons (Fsp3) is 0.381. The first-order chi connectivity index (χ1) is 13.0. The number of nitrogens with zero attached hydrogens (tertiary/aromatic N) is 2. The lowest BCUT2D eigenvalue weighted by molar-refractivity contribution is 0.0939. The Morgan fingerprint density at radius 3 is 2.56 bits per heavy atom. The van der Waals surface area contributed by atoms with Crippen molar-refractivity contribution >= 4 is 27.5 Å². The Bertz CT molecular complexity index is 806. The summed E-state index contributed by atoms with van der Waals surface area (Å²) < 4.78 is 14.7. The minimum atomic E-state index is -0.306. The molecule has 2 aromatic carbocycles. The molecule has 3 rings (SSSR count). The largest absolute Gasteiger partial charge is 0.369 e. The zero-order chi connectivity index (χ0) is 19.4. The number of hydrogen-bond donors (Lipinski definition) is 1. The van der Waals surface area contributed by atoms with Crippen molar-refractivity contribution in [2.75, 3.05) is 37.6 Å². The smallest absolute Gasteiger partial charge is 0.252 e. The Hall–Kier alpha value is -1.92. The minimum absolute atomic E-state index is 0.180. The molecule has 0 aromatic heterocycles. The van der Waals surface area contributed by atoms with Gasteiger partial charge in [0, 0.05) is 41.9 Å². The third-order valence-corrected chi connectivity index (χ3v) is 5.77. The third kappa shape index (κ3) is 4.68. The molecular weight excluding hydrogens is 409 g/mol. The van der Waals surface area contributed by atoms with Gasteiger partial charge in [0.25, 0.3) is 5.91 Å². The van der Waals surface area contributed by atoms with Crippen LogP contribution in [0.3, 0.4) is 0 Å². The highest BCUT2D eigenvalue weighted by Gasteiger charge is 2.22. The normalized spacial score (nSPS) is 16.2. The molecule has 2 aromatic rings. The van der Waals surface area contributed by atoms with Crippen LogP contribution >= 0.6 is 15.9 Å². The molecule has 0 spiro atoms. The standard InChI is InChI=1S/C21H25BrFN3O/c1-3-25-10-12-26(13-11-25)20-9-8-16(23)14-18(20)15(2)24-21(27)17-6-4-5-7-19(17)22/h4-9,14-15H,3,10-13H2,1-2H3,(H,24,27). The van der Waals surface area contributed by atoms with Crippen LogP contribution in [0.2, 0.25) is 0 Å². The Morgan fingerprint density at radius 1 is 1.19 bits per heavy atom. The van der Waals surface area contributed by atoms with Gasteiger partial charge in [0.15, 0.2) is 0 Å². The van der Waals surface area contributed by atoms with E-state index in [1.54, 1.807) is 6.07 Å². The molecule has 1 heterocycles. The van der Waals surface area contributed by atoms with Gasteiger partial charge in [-0.15, -0.1) is 0 Å². The molecule has 0 aliphatic carbocycles. The van der Waals surface area contributed by atoms with Gasteiger partial charge in [0.05, 0.1) is 11.6 Å². The summed E-state index contributed by atoms with van der Waals surface area (Å²) in [7, 11) is 0. The van der Waals surface area contributed by atoms with Crippen molar-refractivity contribution < 1.29 is 9.18 Å². The Labute approximate surface area is 168 Å². The lowest BCUT2D eigenvalue weighted by atomic mass is 10.0. The second kappa shape index (κ2) is 8.85. The Morgan fingerprint density at radius 2 is 1.89 bits per heavy atom. The van der Waals surface area contributed by atoms with E-state index in [1.807, 2.05) is 31.2 Å². The van der Waals surface area contributed by atoms with Crippen molar-refractivity contribution in [1.82, 2.24) is 10.2 Å². The average molecular weight is 434 g/mol. The van der Waals surface area contributed by atoms with Crippen LogP contribution in [0.25, 0.3) is 0 Å². The van der Waals surface area contributed by atoms with Crippen LogP contribution in [0.5, 0.6) is 0 Å². The number of carbonyl (C=O) groups excluding carboxylic acids is 1. The van der Waals surface area contributed by atoms with Gasteiger partial charge in [-0.25, -0.2) is 4.39 Å². The summed E-state index contributed by atoms with van der Waals surface area (Å²) in [6.07, 6.45) is 0. The second-order valence-electron chi connectivity index (χ2n) is 6.80. The van der Waals surface area contributed by atoms with Gasteiger partial charge in [0.1, 0.15) is 5.82 Å². The summed E-state index contributed by atoms with van der Waals surface area (Å²) >= 11 is 3.41. The van der Waals surface area contributed by atoms with Crippen LogP contribution in [-0.2, 0) is 0 Å². The Balaban J connectivity index is 1.80. The lowest BCUT2D eigenvalue weighted by Crippen LogP contribution is -2.46. The summed E-state index contributed by atoms with van der Waals surface area (Å²) in [5, 5.41) is 3.01. The van der Waals surface area contributed by atoms with Gasteiger partial charge in [-0.1, -0.05) is 19.1 Å². The van der Waals surface area contributed by atoms with Crippen LogP contribution in [0.15, 0.2) is 46.9 Å². The molecule has 144 valence electrons. The number of amides is 1. The number of hydrogen-bond acceptors (Lipinski definition) is 3. The Kier molecular flexibility index (Phi) is 6.50. The van der Waals surface area contributed by atoms with Gasteiger partial charge in [-0.05, 0) is 59.7 Å². The first-order valence-corrected chi connectivity index (χ1v) is 10.1. The molecule has 1 atom stereocenters. The van der Waals surface area contributed by atoms with E-state index in [2.05, 4.69) is 38.0 Å². The van der Waals surface area contributed by atoms with Gasteiger partial charge >= 0.3 is 0 Å². The maximum Gasteiger partial charge on any atom is 0.252 e. The van der Waals surface area contributed by atoms with Gasteiger partial charge in [0.2, 0.25) is 0 Å². The molecule has 1 N–H and O–H groups in total. The van der Waals surface area contributed by atoms with Crippen LogP contribution in [0.1, 0.15) is 35.8 Å². The zero-order valence-electron chi connectivity index (χ0n) is 15.7. The van der Waals surface area contributed by atoms with Crippen molar-refractivity contribution in [3.63, 3.8) is 0 Å². The predicted molar refractivity (Wildman–Crippen MR) is 111 cm³/mol. The molecule has 0 radical (unpaired) electrons. The molecule has 1 unspecified atom stereocenters. The first kappa shape index (κ1) is 19.8.